The number of ether oxygens (including phenoxy) is 2. The Balaban J connectivity index is 2.25. The van der Waals surface area contributed by atoms with E-state index in [2.05, 4.69) is 10.4 Å². The van der Waals surface area contributed by atoms with Gasteiger partial charge in [0.15, 0.2) is 6.04 Å². The number of aryl methyl sites for hydroxylation is 1. The standard InChI is InChI=1S/C15H19N3O3/c1-4-18-10-11(9-16-18)14(15(19)21-3)17-12-6-5-7-13(8-12)20-2/h5-10,14,17H,4H2,1-3H3. The maximum Gasteiger partial charge on any atom is 0.333 e. The highest BCUT2D eigenvalue weighted by atomic mass is 16.5. The van der Waals surface area contributed by atoms with E-state index in [0.29, 0.717) is 5.75 Å². The Bertz CT molecular complexity index is 610. The lowest BCUT2D eigenvalue weighted by Gasteiger charge is -2.16. The molecule has 112 valence electrons. The Labute approximate surface area is 123 Å². The molecule has 2 rings (SSSR count). The van der Waals surface area contributed by atoms with Crippen LogP contribution in [0.2, 0.25) is 0 Å². The Hall–Kier alpha value is -2.50. The molecule has 1 atom stereocenters. The minimum Gasteiger partial charge on any atom is -0.497 e. The van der Waals surface area contributed by atoms with Crippen LogP contribution in [0.25, 0.3) is 0 Å². The predicted molar refractivity (Wildman–Crippen MR) is 79.3 cm³/mol. The van der Waals surface area contributed by atoms with Crippen molar-refractivity contribution >= 4 is 11.7 Å². The molecular formula is C15H19N3O3. The van der Waals surface area contributed by atoms with Crippen LogP contribution in [0.3, 0.4) is 0 Å². The average Bonchev–Trinajstić information content (AvgIpc) is 3.00. The molecule has 0 saturated carbocycles. The second-order valence-corrected chi connectivity index (χ2v) is 4.46. The van der Waals surface area contributed by atoms with Gasteiger partial charge in [0.1, 0.15) is 5.75 Å². The van der Waals surface area contributed by atoms with E-state index in [1.807, 2.05) is 37.4 Å². The van der Waals surface area contributed by atoms with Crippen molar-refractivity contribution < 1.29 is 14.3 Å². The topological polar surface area (TPSA) is 65.4 Å². The predicted octanol–water partition coefficient (Wildman–Crippen LogP) is 2.24. The molecule has 1 N–H and O–H groups in total. The van der Waals surface area contributed by atoms with E-state index in [4.69, 9.17) is 9.47 Å². The van der Waals surface area contributed by atoms with Gasteiger partial charge in [0.25, 0.3) is 0 Å². The maximum absolute atomic E-state index is 12.0. The van der Waals surface area contributed by atoms with Crippen LogP contribution in [0.1, 0.15) is 18.5 Å². The molecule has 0 saturated heterocycles. The van der Waals surface area contributed by atoms with E-state index in [-0.39, 0.29) is 5.97 Å². The lowest BCUT2D eigenvalue weighted by molar-refractivity contribution is -0.141. The second-order valence-electron chi connectivity index (χ2n) is 4.46. The largest absolute Gasteiger partial charge is 0.497 e. The van der Waals surface area contributed by atoms with E-state index in [9.17, 15) is 4.79 Å². The molecule has 2 aromatic rings. The number of carbonyl (C=O) groups excluding carboxylic acids is 1. The Kier molecular flexibility index (Phi) is 4.81. The molecule has 1 unspecified atom stereocenters. The first kappa shape index (κ1) is 14.9. The van der Waals surface area contributed by atoms with Crippen LogP contribution in [0.4, 0.5) is 5.69 Å². The fourth-order valence-electron chi connectivity index (χ4n) is 1.98. The summed E-state index contributed by atoms with van der Waals surface area (Å²) in [5.41, 5.74) is 1.53. The summed E-state index contributed by atoms with van der Waals surface area (Å²) in [6.07, 6.45) is 3.49. The molecule has 0 aliphatic rings. The average molecular weight is 289 g/mol. The molecule has 0 fully saturated rings. The number of esters is 1. The summed E-state index contributed by atoms with van der Waals surface area (Å²) in [6.45, 7) is 2.73. The van der Waals surface area contributed by atoms with Gasteiger partial charge in [-0.2, -0.15) is 5.10 Å². The monoisotopic (exact) mass is 289 g/mol. The van der Waals surface area contributed by atoms with Gasteiger partial charge in [0, 0.05) is 30.1 Å². The van der Waals surface area contributed by atoms with Crippen molar-refractivity contribution in [3.05, 3.63) is 42.2 Å². The first-order valence-corrected chi connectivity index (χ1v) is 6.68. The quantitative estimate of drug-likeness (QED) is 0.826. The number of hydrogen-bond acceptors (Lipinski definition) is 5. The molecule has 1 aromatic heterocycles. The van der Waals surface area contributed by atoms with Crippen LogP contribution in [0, 0.1) is 0 Å². The van der Waals surface area contributed by atoms with Gasteiger partial charge < -0.3 is 14.8 Å². The zero-order chi connectivity index (χ0) is 15.2. The van der Waals surface area contributed by atoms with Gasteiger partial charge in [-0.15, -0.1) is 0 Å². The Morgan fingerprint density at radius 1 is 1.43 bits per heavy atom. The molecule has 6 nitrogen and oxygen atoms in total. The van der Waals surface area contributed by atoms with Crippen LogP contribution >= 0.6 is 0 Å². The van der Waals surface area contributed by atoms with E-state index < -0.39 is 6.04 Å². The van der Waals surface area contributed by atoms with Crippen LogP contribution in [0.15, 0.2) is 36.7 Å². The van der Waals surface area contributed by atoms with Gasteiger partial charge >= 0.3 is 5.97 Å². The molecule has 0 radical (unpaired) electrons. The lowest BCUT2D eigenvalue weighted by atomic mass is 10.1. The fraction of sp³-hybridized carbons (Fsp3) is 0.333. The Morgan fingerprint density at radius 3 is 2.86 bits per heavy atom. The number of benzene rings is 1. The van der Waals surface area contributed by atoms with E-state index >= 15 is 0 Å². The van der Waals surface area contributed by atoms with Crippen molar-refractivity contribution in [3.8, 4) is 5.75 Å². The van der Waals surface area contributed by atoms with Crippen molar-refractivity contribution in [3.63, 3.8) is 0 Å². The summed E-state index contributed by atoms with van der Waals surface area (Å²) < 4.78 is 11.8. The second kappa shape index (κ2) is 6.78. The smallest absolute Gasteiger partial charge is 0.333 e. The molecule has 0 bridgehead atoms. The summed E-state index contributed by atoms with van der Waals surface area (Å²) in [4.78, 5) is 12.0. The van der Waals surface area contributed by atoms with Crippen LogP contribution in [-0.2, 0) is 16.1 Å². The molecule has 0 aliphatic carbocycles. The highest BCUT2D eigenvalue weighted by Gasteiger charge is 2.23. The number of hydrogen-bond donors (Lipinski definition) is 1. The first-order chi connectivity index (χ1) is 10.2. The first-order valence-electron chi connectivity index (χ1n) is 6.68. The normalized spacial score (nSPS) is 11.8. The van der Waals surface area contributed by atoms with Crippen molar-refractivity contribution in [2.45, 2.75) is 19.5 Å². The number of nitrogens with zero attached hydrogens (tertiary/aromatic N) is 2. The molecule has 6 heteroatoms. The van der Waals surface area contributed by atoms with Gasteiger partial charge in [0.2, 0.25) is 0 Å². The molecule has 0 aliphatic heterocycles. The van der Waals surface area contributed by atoms with Crippen molar-refractivity contribution in [2.24, 2.45) is 0 Å². The van der Waals surface area contributed by atoms with E-state index in [1.165, 1.54) is 7.11 Å². The number of nitrogens with one attached hydrogen (secondary N) is 1. The molecular weight excluding hydrogens is 270 g/mol. The summed E-state index contributed by atoms with van der Waals surface area (Å²) in [5.74, 6) is 0.348. The molecule has 21 heavy (non-hydrogen) atoms. The molecule has 0 amide bonds. The van der Waals surface area contributed by atoms with Gasteiger partial charge in [-0.25, -0.2) is 4.79 Å². The third-order valence-corrected chi connectivity index (χ3v) is 3.13. The summed E-state index contributed by atoms with van der Waals surface area (Å²) >= 11 is 0. The minimum absolute atomic E-state index is 0.367. The maximum atomic E-state index is 12.0. The molecule has 1 heterocycles. The van der Waals surface area contributed by atoms with Gasteiger partial charge in [0.05, 0.1) is 20.4 Å². The van der Waals surface area contributed by atoms with Crippen LogP contribution < -0.4 is 10.1 Å². The zero-order valence-electron chi connectivity index (χ0n) is 12.4. The van der Waals surface area contributed by atoms with E-state index in [0.717, 1.165) is 17.8 Å². The summed E-state index contributed by atoms with van der Waals surface area (Å²) in [7, 11) is 2.97. The zero-order valence-corrected chi connectivity index (χ0v) is 12.4. The number of anilines is 1. The van der Waals surface area contributed by atoms with Crippen LogP contribution in [-0.4, -0.2) is 30.0 Å². The lowest BCUT2D eigenvalue weighted by Crippen LogP contribution is -2.22. The van der Waals surface area contributed by atoms with Crippen LogP contribution in [0.5, 0.6) is 5.75 Å². The summed E-state index contributed by atoms with van der Waals surface area (Å²) in [5, 5.41) is 7.34. The van der Waals surface area contributed by atoms with Crippen molar-refractivity contribution in [2.75, 3.05) is 19.5 Å². The third-order valence-electron chi connectivity index (χ3n) is 3.13. The number of aromatic nitrogens is 2. The highest BCUT2D eigenvalue weighted by molar-refractivity contribution is 5.80. The SMILES string of the molecule is CCn1cc(C(Nc2cccc(OC)c2)C(=O)OC)cn1. The van der Waals surface area contributed by atoms with Gasteiger partial charge in [-0.1, -0.05) is 6.07 Å². The van der Waals surface area contributed by atoms with E-state index in [1.54, 1.807) is 18.0 Å². The fourth-order valence-corrected chi connectivity index (χ4v) is 1.98. The number of rotatable bonds is 6. The number of methoxy groups -OCH3 is 2. The van der Waals surface area contributed by atoms with Crippen molar-refractivity contribution in [1.82, 2.24) is 9.78 Å². The summed E-state index contributed by atoms with van der Waals surface area (Å²) in [6, 6.07) is 6.77. The molecule has 1 aromatic carbocycles. The highest BCUT2D eigenvalue weighted by Crippen LogP contribution is 2.23. The third kappa shape index (κ3) is 3.53. The van der Waals surface area contributed by atoms with Gasteiger partial charge in [-0.05, 0) is 19.1 Å². The van der Waals surface area contributed by atoms with Gasteiger partial charge in [-0.3, -0.25) is 4.68 Å². The molecule has 0 spiro atoms. The van der Waals surface area contributed by atoms with Crippen molar-refractivity contribution in [1.29, 1.82) is 0 Å². The number of carbonyl (C=O) groups is 1. The Morgan fingerprint density at radius 2 is 2.24 bits per heavy atom. The minimum atomic E-state index is -0.609.